The van der Waals surface area contributed by atoms with E-state index in [-0.39, 0.29) is 0 Å². The third-order valence-corrected chi connectivity index (χ3v) is 3.46. The molecule has 0 saturated heterocycles. The fourth-order valence-corrected chi connectivity index (χ4v) is 2.27. The van der Waals surface area contributed by atoms with E-state index in [4.69, 9.17) is 5.73 Å². The molecule has 2 aromatic rings. The normalized spacial score (nSPS) is 12.6. The predicted octanol–water partition coefficient (Wildman–Crippen LogP) is 2.14. The number of nitrogens with one attached hydrogen (secondary N) is 1. The molecule has 1 atom stereocenters. The second kappa shape index (κ2) is 6.68. The van der Waals surface area contributed by atoms with Crippen LogP contribution in [0, 0.1) is 13.8 Å². The van der Waals surface area contributed by atoms with Crippen molar-refractivity contribution in [2.45, 2.75) is 46.4 Å². The van der Waals surface area contributed by atoms with Gasteiger partial charge in [-0.1, -0.05) is 24.3 Å². The molecule has 4 nitrogen and oxygen atoms in total. The summed E-state index contributed by atoms with van der Waals surface area (Å²) in [6.45, 7) is 8.66. The summed E-state index contributed by atoms with van der Waals surface area (Å²) in [5.74, 6) is 0. The molecule has 0 spiro atoms. The Hall–Kier alpha value is -1.65. The molecule has 1 aromatic carbocycles. The van der Waals surface area contributed by atoms with Crippen molar-refractivity contribution in [3.8, 4) is 0 Å². The fraction of sp³-hybridized carbons (Fsp3) is 0.438. The molecular formula is C16H24N4. The Bertz CT molecular complexity index is 542. The van der Waals surface area contributed by atoms with Gasteiger partial charge in [-0.2, -0.15) is 5.10 Å². The standard InChI is InChI=1S/C16H24N4/c1-12-8-14(3)20(19-12)11-13(2)18-10-16-6-4-15(9-17)5-7-16/h4-8,13,18H,9-11,17H2,1-3H3. The summed E-state index contributed by atoms with van der Waals surface area (Å²) >= 11 is 0. The maximum absolute atomic E-state index is 5.60. The molecule has 20 heavy (non-hydrogen) atoms. The molecule has 2 rings (SSSR count). The summed E-state index contributed by atoms with van der Waals surface area (Å²) in [6, 6.07) is 10.9. The molecule has 0 aliphatic heterocycles. The molecular weight excluding hydrogens is 248 g/mol. The van der Waals surface area contributed by atoms with Crippen molar-refractivity contribution < 1.29 is 0 Å². The van der Waals surface area contributed by atoms with Crippen LogP contribution in [-0.4, -0.2) is 15.8 Å². The third kappa shape index (κ3) is 3.92. The van der Waals surface area contributed by atoms with Crippen LogP contribution < -0.4 is 11.1 Å². The average Bonchev–Trinajstić information content (AvgIpc) is 2.75. The van der Waals surface area contributed by atoms with Crippen LogP contribution in [0.1, 0.15) is 29.4 Å². The Morgan fingerprint density at radius 2 is 1.85 bits per heavy atom. The molecule has 1 aromatic heterocycles. The molecule has 3 N–H and O–H groups in total. The lowest BCUT2D eigenvalue weighted by Crippen LogP contribution is -2.30. The first kappa shape index (κ1) is 14.8. The molecule has 4 heteroatoms. The van der Waals surface area contributed by atoms with Crippen LogP contribution in [0.4, 0.5) is 0 Å². The molecule has 1 heterocycles. The summed E-state index contributed by atoms with van der Waals surface area (Å²) in [5, 5.41) is 8.02. The first-order valence-corrected chi connectivity index (χ1v) is 7.11. The highest BCUT2D eigenvalue weighted by Crippen LogP contribution is 2.05. The van der Waals surface area contributed by atoms with Gasteiger partial charge in [-0.3, -0.25) is 4.68 Å². The first-order chi connectivity index (χ1) is 9.58. The predicted molar refractivity (Wildman–Crippen MR) is 82.3 cm³/mol. The minimum absolute atomic E-state index is 0.377. The van der Waals surface area contributed by atoms with Gasteiger partial charge in [0.05, 0.1) is 12.2 Å². The van der Waals surface area contributed by atoms with E-state index in [2.05, 4.69) is 59.3 Å². The van der Waals surface area contributed by atoms with Gasteiger partial charge in [0.2, 0.25) is 0 Å². The molecule has 0 fully saturated rings. The number of nitrogens with two attached hydrogens (primary N) is 1. The van der Waals surface area contributed by atoms with Crippen LogP contribution in [0.15, 0.2) is 30.3 Å². The van der Waals surface area contributed by atoms with E-state index in [9.17, 15) is 0 Å². The van der Waals surface area contributed by atoms with E-state index in [1.165, 1.54) is 16.8 Å². The van der Waals surface area contributed by atoms with Gasteiger partial charge in [-0.25, -0.2) is 0 Å². The van der Waals surface area contributed by atoms with E-state index in [0.29, 0.717) is 12.6 Å². The fourth-order valence-electron chi connectivity index (χ4n) is 2.27. The zero-order valence-corrected chi connectivity index (χ0v) is 12.6. The third-order valence-electron chi connectivity index (χ3n) is 3.46. The minimum Gasteiger partial charge on any atom is -0.326 e. The smallest absolute Gasteiger partial charge is 0.0596 e. The number of benzene rings is 1. The summed E-state index contributed by atoms with van der Waals surface area (Å²) in [4.78, 5) is 0. The summed E-state index contributed by atoms with van der Waals surface area (Å²) in [7, 11) is 0. The lowest BCUT2D eigenvalue weighted by atomic mass is 10.1. The molecule has 0 bridgehead atoms. The maximum atomic E-state index is 5.60. The van der Waals surface area contributed by atoms with E-state index < -0.39 is 0 Å². The van der Waals surface area contributed by atoms with E-state index >= 15 is 0 Å². The second-order valence-corrected chi connectivity index (χ2v) is 5.41. The van der Waals surface area contributed by atoms with Crippen LogP contribution in [-0.2, 0) is 19.6 Å². The zero-order valence-electron chi connectivity index (χ0n) is 12.6. The number of aryl methyl sites for hydroxylation is 2. The van der Waals surface area contributed by atoms with Crippen LogP contribution in [0.5, 0.6) is 0 Å². The second-order valence-electron chi connectivity index (χ2n) is 5.41. The molecule has 0 aliphatic rings. The highest BCUT2D eigenvalue weighted by molar-refractivity contribution is 5.22. The molecule has 1 unspecified atom stereocenters. The van der Waals surface area contributed by atoms with E-state index in [1.54, 1.807) is 0 Å². The van der Waals surface area contributed by atoms with Crippen LogP contribution in [0.2, 0.25) is 0 Å². The van der Waals surface area contributed by atoms with Gasteiger partial charge in [-0.15, -0.1) is 0 Å². The van der Waals surface area contributed by atoms with Crippen molar-refractivity contribution in [2.24, 2.45) is 5.73 Å². The highest BCUT2D eigenvalue weighted by atomic mass is 15.3. The van der Waals surface area contributed by atoms with E-state index in [0.717, 1.165) is 18.8 Å². The summed E-state index contributed by atoms with van der Waals surface area (Å²) in [6.07, 6.45) is 0. The molecule has 0 saturated carbocycles. The Morgan fingerprint density at radius 1 is 1.20 bits per heavy atom. The number of aromatic nitrogens is 2. The van der Waals surface area contributed by atoms with Crippen molar-refractivity contribution >= 4 is 0 Å². The molecule has 0 aliphatic carbocycles. The largest absolute Gasteiger partial charge is 0.326 e. The van der Waals surface area contributed by atoms with Crippen LogP contribution in [0.3, 0.4) is 0 Å². The monoisotopic (exact) mass is 272 g/mol. The van der Waals surface area contributed by atoms with Gasteiger partial charge in [0, 0.05) is 24.8 Å². The molecule has 108 valence electrons. The van der Waals surface area contributed by atoms with Crippen molar-refractivity contribution in [1.29, 1.82) is 0 Å². The van der Waals surface area contributed by atoms with Gasteiger partial charge in [0.25, 0.3) is 0 Å². The number of rotatable bonds is 6. The summed E-state index contributed by atoms with van der Waals surface area (Å²) < 4.78 is 2.06. The zero-order chi connectivity index (χ0) is 14.5. The van der Waals surface area contributed by atoms with Crippen molar-refractivity contribution in [1.82, 2.24) is 15.1 Å². The van der Waals surface area contributed by atoms with Gasteiger partial charge in [0.1, 0.15) is 0 Å². The number of hydrogen-bond acceptors (Lipinski definition) is 3. The highest BCUT2D eigenvalue weighted by Gasteiger charge is 2.06. The van der Waals surface area contributed by atoms with Crippen molar-refractivity contribution in [2.75, 3.05) is 0 Å². The van der Waals surface area contributed by atoms with Crippen molar-refractivity contribution in [3.63, 3.8) is 0 Å². The SMILES string of the molecule is Cc1cc(C)n(CC(C)NCc2ccc(CN)cc2)n1. The number of nitrogens with zero attached hydrogens (tertiary/aromatic N) is 2. The quantitative estimate of drug-likeness (QED) is 0.847. The van der Waals surface area contributed by atoms with Gasteiger partial charge in [-0.05, 0) is 38.0 Å². The van der Waals surface area contributed by atoms with Gasteiger partial charge < -0.3 is 11.1 Å². The van der Waals surface area contributed by atoms with Crippen molar-refractivity contribution in [3.05, 3.63) is 52.8 Å². The molecule has 0 amide bonds. The summed E-state index contributed by atoms with van der Waals surface area (Å²) in [5.41, 5.74) is 10.3. The van der Waals surface area contributed by atoms with Crippen LogP contribution >= 0.6 is 0 Å². The van der Waals surface area contributed by atoms with Gasteiger partial charge >= 0.3 is 0 Å². The minimum atomic E-state index is 0.377. The van der Waals surface area contributed by atoms with Crippen LogP contribution in [0.25, 0.3) is 0 Å². The first-order valence-electron chi connectivity index (χ1n) is 7.11. The lowest BCUT2D eigenvalue weighted by Gasteiger charge is -2.15. The Balaban J connectivity index is 1.85. The van der Waals surface area contributed by atoms with Gasteiger partial charge in [0.15, 0.2) is 0 Å². The Morgan fingerprint density at radius 3 is 2.40 bits per heavy atom. The number of hydrogen-bond donors (Lipinski definition) is 2. The average molecular weight is 272 g/mol. The Labute approximate surface area is 121 Å². The Kier molecular flexibility index (Phi) is 4.93. The van der Waals surface area contributed by atoms with E-state index in [1.807, 2.05) is 6.92 Å². The maximum Gasteiger partial charge on any atom is 0.0596 e. The molecule has 0 radical (unpaired) electrons. The lowest BCUT2D eigenvalue weighted by molar-refractivity contribution is 0.444. The topological polar surface area (TPSA) is 55.9 Å².